The number of hydrogen-bond acceptors (Lipinski definition) is 2. The van der Waals surface area contributed by atoms with Gasteiger partial charge in [-0.2, -0.15) is 13.2 Å². The lowest BCUT2D eigenvalue weighted by Gasteiger charge is -2.18. The van der Waals surface area contributed by atoms with Crippen molar-refractivity contribution >= 4 is 5.76 Å². The molecule has 0 aromatic heterocycles. The lowest BCUT2D eigenvalue weighted by molar-refractivity contribution is -0.191. The van der Waals surface area contributed by atoms with Gasteiger partial charge in [-0.25, -0.2) is 0 Å². The van der Waals surface area contributed by atoms with Gasteiger partial charge in [-0.3, -0.25) is 0 Å². The summed E-state index contributed by atoms with van der Waals surface area (Å²) in [6.07, 6.45) is -7.22. The van der Waals surface area contributed by atoms with Crippen LogP contribution in [-0.4, -0.2) is 24.5 Å². The fourth-order valence-electron chi connectivity index (χ4n) is 1.58. The SMILES string of the molecule is COC(=C(C)C(O)C(F)(F)F)c1ccc(C)cc1. The molecule has 1 aromatic rings. The Labute approximate surface area is 104 Å². The molecule has 1 atom stereocenters. The molecule has 2 nitrogen and oxygen atoms in total. The monoisotopic (exact) mass is 260 g/mol. The molecule has 0 heterocycles. The first-order chi connectivity index (χ1) is 8.27. The number of methoxy groups -OCH3 is 1. The molecule has 0 aliphatic heterocycles. The van der Waals surface area contributed by atoms with E-state index in [-0.39, 0.29) is 11.3 Å². The lowest BCUT2D eigenvalue weighted by atomic mass is 10.0. The van der Waals surface area contributed by atoms with Crippen LogP contribution in [0.3, 0.4) is 0 Å². The zero-order valence-corrected chi connectivity index (χ0v) is 10.4. The number of aliphatic hydroxyl groups is 1. The molecule has 5 heteroatoms. The fourth-order valence-corrected chi connectivity index (χ4v) is 1.58. The van der Waals surface area contributed by atoms with Crippen molar-refractivity contribution in [3.8, 4) is 0 Å². The van der Waals surface area contributed by atoms with Crippen LogP contribution >= 0.6 is 0 Å². The number of benzene rings is 1. The Hall–Kier alpha value is -1.49. The van der Waals surface area contributed by atoms with Crippen LogP contribution in [0.1, 0.15) is 18.1 Å². The first-order valence-corrected chi connectivity index (χ1v) is 5.34. The molecule has 0 fully saturated rings. The molecule has 0 saturated heterocycles. The summed E-state index contributed by atoms with van der Waals surface area (Å²) >= 11 is 0. The van der Waals surface area contributed by atoms with Crippen LogP contribution in [0.4, 0.5) is 13.2 Å². The highest BCUT2D eigenvalue weighted by Crippen LogP contribution is 2.30. The van der Waals surface area contributed by atoms with Gasteiger partial charge in [0.1, 0.15) is 5.76 Å². The van der Waals surface area contributed by atoms with E-state index in [9.17, 15) is 18.3 Å². The van der Waals surface area contributed by atoms with E-state index >= 15 is 0 Å². The van der Waals surface area contributed by atoms with E-state index in [1.165, 1.54) is 14.0 Å². The zero-order chi connectivity index (χ0) is 13.9. The summed E-state index contributed by atoms with van der Waals surface area (Å²) < 4.78 is 42.3. The standard InChI is InChI=1S/C13H15F3O2/c1-8-4-6-10(7-5-8)11(18-3)9(2)12(17)13(14,15)16/h4-7,12,17H,1-3H3. The average Bonchev–Trinajstić information content (AvgIpc) is 2.30. The summed E-state index contributed by atoms with van der Waals surface area (Å²) in [5, 5.41) is 9.21. The van der Waals surface area contributed by atoms with E-state index in [1.54, 1.807) is 24.3 Å². The maximum Gasteiger partial charge on any atom is 0.418 e. The first kappa shape index (κ1) is 14.6. The highest BCUT2D eigenvalue weighted by molar-refractivity contribution is 5.63. The molecule has 0 amide bonds. The molecule has 0 spiro atoms. The van der Waals surface area contributed by atoms with Crippen molar-refractivity contribution in [2.75, 3.05) is 7.11 Å². The Balaban J connectivity index is 3.19. The van der Waals surface area contributed by atoms with Crippen LogP contribution in [0.2, 0.25) is 0 Å². The summed E-state index contributed by atoms with van der Waals surface area (Å²) in [7, 11) is 1.28. The van der Waals surface area contributed by atoms with Gasteiger partial charge in [-0.1, -0.05) is 29.8 Å². The molecule has 0 aliphatic carbocycles. The number of aryl methyl sites for hydroxylation is 1. The zero-order valence-electron chi connectivity index (χ0n) is 10.4. The van der Waals surface area contributed by atoms with Crippen molar-refractivity contribution in [1.82, 2.24) is 0 Å². The van der Waals surface area contributed by atoms with Gasteiger partial charge in [-0.15, -0.1) is 0 Å². The van der Waals surface area contributed by atoms with Gasteiger partial charge in [0.05, 0.1) is 7.11 Å². The molecule has 1 N–H and O–H groups in total. The van der Waals surface area contributed by atoms with E-state index < -0.39 is 12.3 Å². The predicted molar refractivity (Wildman–Crippen MR) is 62.8 cm³/mol. The Kier molecular flexibility index (Phi) is 4.40. The van der Waals surface area contributed by atoms with Crippen LogP contribution in [0, 0.1) is 6.92 Å². The predicted octanol–water partition coefficient (Wildman–Crippen LogP) is 3.30. The first-order valence-electron chi connectivity index (χ1n) is 5.34. The largest absolute Gasteiger partial charge is 0.496 e. The van der Waals surface area contributed by atoms with Crippen molar-refractivity contribution in [3.05, 3.63) is 41.0 Å². The number of ether oxygens (including phenoxy) is 1. The van der Waals surface area contributed by atoms with Crippen LogP contribution in [0.15, 0.2) is 29.8 Å². The number of aliphatic hydroxyl groups excluding tert-OH is 1. The maximum absolute atomic E-state index is 12.4. The third-order valence-electron chi connectivity index (χ3n) is 2.60. The highest BCUT2D eigenvalue weighted by atomic mass is 19.4. The third-order valence-corrected chi connectivity index (χ3v) is 2.60. The van der Waals surface area contributed by atoms with Crippen LogP contribution < -0.4 is 0 Å². The molecule has 0 saturated carbocycles. The van der Waals surface area contributed by atoms with E-state index in [4.69, 9.17) is 4.74 Å². The molecule has 100 valence electrons. The molecule has 0 aliphatic rings. The van der Waals surface area contributed by atoms with Crippen molar-refractivity contribution < 1.29 is 23.0 Å². The van der Waals surface area contributed by atoms with E-state index in [2.05, 4.69) is 0 Å². The minimum atomic E-state index is -4.70. The summed E-state index contributed by atoms with van der Waals surface area (Å²) in [4.78, 5) is 0. The van der Waals surface area contributed by atoms with Crippen molar-refractivity contribution in [2.45, 2.75) is 26.1 Å². The second-order valence-electron chi connectivity index (χ2n) is 4.03. The smallest absolute Gasteiger partial charge is 0.418 e. The summed E-state index contributed by atoms with van der Waals surface area (Å²) in [6.45, 7) is 3.08. The maximum atomic E-state index is 12.4. The van der Waals surface area contributed by atoms with Gasteiger partial charge < -0.3 is 9.84 Å². The Bertz CT molecular complexity index is 433. The Morgan fingerprint density at radius 1 is 1.22 bits per heavy atom. The molecule has 1 aromatic carbocycles. The quantitative estimate of drug-likeness (QED) is 0.845. The van der Waals surface area contributed by atoms with Crippen LogP contribution in [0.5, 0.6) is 0 Å². The molecular formula is C13H15F3O2. The van der Waals surface area contributed by atoms with Crippen molar-refractivity contribution in [2.24, 2.45) is 0 Å². The van der Waals surface area contributed by atoms with E-state index in [1.807, 2.05) is 6.92 Å². The van der Waals surface area contributed by atoms with Gasteiger partial charge in [0.25, 0.3) is 0 Å². The third kappa shape index (κ3) is 3.26. The molecule has 18 heavy (non-hydrogen) atoms. The van der Waals surface area contributed by atoms with Crippen LogP contribution in [0.25, 0.3) is 5.76 Å². The average molecular weight is 260 g/mol. The molecular weight excluding hydrogens is 245 g/mol. The molecule has 1 rings (SSSR count). The minimum absolute atomic E-state index is 0.0415. The van der Waals surface area contributed by atoms with Gasteiger partial charge in [0.15, 0.2) is 6.10 Å². The number of hydrogen-bond donors (Lipinski definition) is 1. The van der Waals surface area contributed by atoms with Crippen LogP contribution in [-0.2, 0) is 4.74 Å². The summed E-state index contributed by atoms with van der Waals surface area (Å²) in [5.41, 5.74) is 1.24. The minimum Gasteiger partial charge on any atom is -0.496 e. The van der Waals surface area contributed by atoms with Gasteiger partial charge in [-0.05, 0) is 13.8 Å². The molecule has 0 bridgehead atoms. The normalized spacial score (nSPS) is 15.1. The molecule has 1 unspecified atom stereocenters. The van der Waals surface area contributed by atoms with Gasteiger partial charge >= 0.3 is 6.18 Å². The summed E-state index contributed by atoms with van der Waals surface area (Å²) in [5.74, 6) is 0.0415. The fraction of sp³-hybridized carbons (Fsp3) is 0.385. The summed E-state index contributed by atoms with van der Waals surface area (Å²) in [6, 6.07) is 6.84. The second kappa shape index (κ2) is 5.44. The number of alkyl halides is 3. The van der Waals surface area contributed by atoms with Crippen molar-refractivity contribution in [1.29, 1.82) is 0 Å². The van der Waals surface area contributed by atoms with Crippen molar-refractivity contribution in [3.63, 3.8) is 0 Å². The number of halogens is 3. The number of rotatable bonds is 3. The lowest BCUT2D eigenvalue weighted by Crippen LogP contribution is -2.30. The molecule has 0 radical (unpaired) electrons. The van der Waals surface area contributed by atoms with Gasteiger partial charge in [0, 0.05) is 11.1 Å². The Morgan fingerprint density at radius 3 is 2.11 bits per heavy atom. The second-order valence-corrected chi connectivity index (χ2v) is 4.03. The van der Waals surface area contributed by atoms with Gasteiger partial charge in [0.2, 0.25) is 0 Å². The van der Waals surface area contributed by atoms with E-state index in [0.717, 1.165) is 5.56 Å². The highest BCUT2D eigenvalue weighted by Gasteiger charge is 2.40. The van der Waals surface area contributed by atoms with E-state index in [0.29, 0.717) is 5.56 Å². The topological polar surface area (TPSA) is 29.5 Å². The Morgan fingerprint density at radius 2 is 1.72 bits per heavy atom.